The summed E-state index contributed by atoms with van der Waals surface area (Å²) in [6.45, 7) is 2.70. The number of carbonyl (C=O) groups excluding carboxylic acids is 3. The van der Waals surface area contributed by atoms with Crippen LogP contribution in [0.4, 0.5) is 5.69 Å². The number of amides is 3. The van der Waals surface area contributed by atoms with Crippen LogP contribution in [0, 0.1) is 5.92 Å². The third-order valence-corrected chi connectivity index (χ3v) is 5.58. The number of unbranched alkanes of at least 4 members (excludes halogenated alkanes) is 1. The summed E-state index contributed by atoms with van der Waals surface area (Å²) in [4.78, 5) is 38.8. The molecule has 164 valence electrons. The second-order valence-corrected chi connectivity index (χ2v) is 7.80. The van der Waals surface area contributed by atoms with Crippen molar-refractivity contribution in [3.8, 4) is 5.75 Å². The van der Waals surface area contributed by atoms with Crippen molar-refractivity contribution < 1.29 is 19.1 Å². The number of nitrogens with zero attached hydrogens (tertiary/aromatic N) is 1. The predicted molar refractivity (Wildman–Crippen MR) is 118 cm³/mol. The molecule has 7 nitrogen and oxygen atoms in total. The van der Waals surface area contributed by atoms with Gasteiger partial charge < -0.3 is 20.7 Å². The Morgan fingerprint density at radius 2 is 1.81 bits per heavy atom. The average Bonchev–Trinajstić information content (AvgIpc) is 3.09. The number of hydrogen-bond donors (Lipinski definition) is 2. The van der Waals surface area contributed by atoms with Gasteiger partial charge in [-0.25, -0.2) is 0 Å². The second kappa shape index (κ2) is 10.1. The predicted octanol–water partition coefficient (Wildman–Crippen LogP) is 3.05. The first kappa shape index (κ1) is 22.3. The number of primary amides is 1. The smallest absolute Gasteiger partial charge is 0.230 e. The van der Waals surface area contributed by atoms with E-state index in [9.17, 15) is 14.4 Å². The van der Waals surface area contributed by atoms with Gasteiger partial charge in [-0.05, 0) is 41.8 Å². The normalized spacial score (nSPS) is 18.1. The molecule has 7 heteroatoms. The third kappa shape index (κ3) is 5.42. The molecule has 1 aliphatic rings. The molecule has 0 aliphatic carbocycles. The molecule has 0 aromatic heterocycles. The maximum absolute atomic E-state index is 13.2. The zero-order valence-corrected chi connectivity index (χ0v) is 18.0. The lowest BCUT2D eigenvalue weighted by atomic mass is 9.92. The van der Waals surface area contributed by atoms with Gasteiger partial charge in [0.1, 0.15) is 5.75 Å². The molecule has 0 saturated carbocycles. The fourth-order valence-corrected chi connectivity index (χ4v) is 3.97. The fourth-order valence-electron chi connectivity index (χ4n) is 3.97. The van der Waals surface area contributed by atoms with E-state index >= 15 is 0 Å². The van der Waals surface area contributed by atoms with Crippen LogP contribution in [0.25, 0.3) is 0 Å². The van der Waals surface area contributed by atoms with Gasteiger partial charge in [-0.1, -0.05) is 37.6 Å². The topological polar surface area (TPSA) is 102 Å². The Kier molecular flexibility index (Phi) is 7.28. The highest BCUT2D eigenvalue weighted by molar-refractivity contribution is 5.98. The Morgan fingerprint density at radius 1 is 1.13 bits per heavy atom. The Morgan fingerprint density at radius 3 is 2.39 bits per heavy atom. The summed E-state index contributed by atoms with van der Waals surface area (Å²) >= 11 is 0. The molecule has 3 amide bonds. The van der Waals surface area contributed by atoms with Crippen LogP contribution in [0.3, 0.4) is 0 Å². The minimum Gasteiger partial charge on any atom is -0.497 e. The Labute approximate surface area is 182 Å². The molecule has 0 spiro atoms. The van der Waals surface area contributed by atoms with Crippen LogP contribution in [0.15, 0.2) is 48.5 Å². The minimum absolute atomic E-state index is 0.00813. The first-order chi connectivity index (χ1) is 14.9. The molecule has 2 unspecified atom stereocenters. The SMILES string of the molecule is CCCCN1C(=O)CC(C(=O)Nc2ccc(CC(N)=O)cc2)C1c1ccc(OC)cc1. The Bertz CT molecular complexity index is 925. The van der Waals surface area contributed by atoms with Crippen molar-refractivity contribution in [1.29, 1.82) is 0 Å². The summed E-state index contributed by atoms with van der Waals surface area (Å²) in [6.07, 6.45) is 2.17. The van der Waals surface area contributed by atoms with Crippen molar-refractivity contribution >= 4 is 23.4 Å². The van der Waals surface area contributed by atoms with Crippen LogP contribution in [0.5, 0.6) is 5.75 Å². The van der Waals surface area contributed by atoms with E-state index in [1.807, 2.05) is 29.2 Å². The van der Waals surface area contributed by atoms with Crippen molar-refractivity contribution in [3.63, 3.8) is 0 Å². The van der Waals surface area contributed by atoms with E-state index < -0.39 is 11.8 Å². The average molecular weight is 424 g/mol. The van der Waals surface area contributed by atoms with Crippen LogP contribution in [-0.2, 0) is 20.8 Å². The second-order valence-electron chi connectivity index (χ2n) is 7.80. The summed E-state index contributed by atoms with van der Waals surface area (Å²) in [5.74, 6) is -0.383. The number of anilines is 1. The van der Waals surface area contributed by atoms with Gasteiger partial charge in [-0.2, -0.15) is 0 Å². The molecule has 3 N–H and O–H groups in total. The van der Waals surface area contributed by atoms with Crippen LogP contribution in [0.1, 0.15) is 43.4 Å². The number of hydrogen-bond acceptors (Lipinski definition) is 4. The van der Waals surface area contributed by atoms with Gasteiger partial charge in [-0.3, -0.25) is 14.4 Å². The van der Waals surface area contributed by atoms with Crippen LogP contribution >= 0.6 is 0 Å². The molecule has 2 aromatic carbocycles. The quantitative estimate of drug-likeness (QED) is 0.647. The van der Waals surface area contributed by atoms with E-state index in [0.717, 1.165) is 29.7 Å². The lowest BCUT2D eigenvalue weighted by molar-refractivity contribution is -0.129. The highest BCUT2D eigenvalue weighted by Crippen LogP contribution is 2.39. The van der Waals surface area contributed by atoms with Gasteiger partial charge in [0.05, 0.1) is 25.5 Å². The van der Waals surface area contributed by atoms with Crippen molar-refractivity contribution in [2.45, 2.75) is 38.6 Å². The minimum atomic E-state index is -0.497. The molecule has 0 radical (unpaired) electrons. The molecule has 0 bridgehead atoms. The van der Waals surface area contributed by atoms with E-state index in [-0.39, 0.29) is 30.7 Å². The molecule has 3 rings (SSSR count). The number of carbonyl (C=O) groups is 3. The lowest BCUT2D eigenvalue weighted by Crippen LogP contribution is -2.33. The lowest BCUT2D eigenvalue weighted by Gasteiger charge is -2.28. The van der Waals surface area contributed by atoms with Gasteiger partial charge in [0, 0.05) is 18.7 Å². The highest BCUT2D eigenvalue weighted by Gasteiger charge is 2.44. The number of nitrogens with two attached hydrogens (primary N) is 1. The van der Waals surface area contributed by atoms with Gasteiger partial charge in [0.15, 0.2) is 0 Å². The Hall–Kier alpha value is -3.35. The van der Waals surface area contributed by atoms with Gasteiger partial charge in [0.25, 0.3) is 0 Å². The molecule has 1 heterocycles. The standard InChI is InChI=1S/C24H29N3O4/c1-3-4-13-27-22(29)15-20(23(27)17-7-11-19(31-2)12-8-17)24(30)26-18-9-5-16(6-10-18)14-21(25)28/h5-12,20,23H,3-4,13-15H2,1-2H3,(H2,25,28)(H,26,30). The summed E-state index contributed by atoms with van der Waals surface area (Å²) in [5, 5.41) is 2.93. The number of benzene rings is 2. The van der Waals surface area contributed by atoms with Crippen LogP contribution in [0.2, 0.25) is 0 Å². The molecule has 2 aromatic rings. The fraction of sp³-hybridized carbons (Fsp3) is 0.375. The van der Waals surface area contributed by atoms with Gasteiger partial charge in [-0.15, -0.1) is 0 Å². The van der Waals surface area contributed by atoms with Crippen LogP contribution in [-0.4, -0.2) is 36.3 Å². The number of rotatable bonds is 9. The van der Waals surface area contributed by atoms with E-state index in [2.05, 4.69) is 12.2 Å². The molecule has 1 fully saturated rings. The van der Waals surface area contributed by atoms with Crippen molar-refractivity contribution in [2.75, 3.05) is 19.0 Å². The zero-order valence-electron chi connectivity index (χ0n) is 18.0. The number of likely N-dealkylation sites (tertiary alicyclic amines) is 1. The summed E-state index contributed by atoms with van der Waals surface area (Å²) in [7, 11) is 1.60. The molecular formula is C24H29N3O4. The number of ether oxygens (including phenoxy) is 1. The largest absolute Gasteiger partial charge is 0.497 e. The summed E-state index contributed by atoms with van der Waals surface area (Å²) in [6, 6.07) is 14.2. The Balaban J connectivity index is 1.81. The highest BCUT2D eigenvalue weighted by atomic mass is 16.5. The van der Waals surface area contributed by atoms with E-state index in [0.29, 0.717) is 12.2 Å². The maximum atomic E-state index is 13.2. The maximum Gasteiger partial charge on any atom is 0.230 e. The molecular weight excluding hydrogens is 394 g/mol. The monoisotopic (exact) mass is 423 g/mol. The zero-order chi connectivity index (χ0) is 22.4. The number of nitrogens with one attached hydrogen (secondary N) is 1. The van der Waals surface area contributed by atoms with E-state index in [4.69, 9.17) is 10.5 Å². The first-order valence-electron chi connectivity index (χ1n) is 10.5. The van der Waals surface area contributed by atoms with Crippen molar-refractivity contribution in [1.82, 2.24) is 4.90 Å². The van der Waals surface area contributed by atoms with Crippen molar-refractivity contribution in [2.24, 2.45) is 11.7 Å². The van der Waals surface area contributed by atoms with E-state index in [1.54, 1.807) is 31.4 Å². The molecule has 1 aliphatic heterocycles. The molecule has 31 heavy (non-hydrogen) atoms. The number of methoxy groups -OCH3 is 1. The third-order valence-electron chi connectivity index (χ3n) is 5.58. The molecule has 2 atom stereocenters. The van der Waals surface area contributed by atoms with Crippen molar-refractivity contribution in [3.05, 3.63) is 59.7 Å². The molecule has 1 saturated heterocycles. The summed E-state index contributed by atoms with van der Waals surface area (Å²) in [5.41, 5.74) is 7.54. The van der Waals surface area contributed by atoms with Gasteiger partial charge >= 0.3 is 0 Å². The van der Waals surface area contributed by atoms with E-state index in [1.165, 1.54) is 0 Å². The van der Waals surface area contributed by atoms with Gasteiger partial charge in [0.2, 0.25) is 17.7 Å². The first-order valence-corrected chi connectivity index (χ1v) is 10.5. The van der Waals surface area contributed by atoms with Crippen LogP contribution < -0.4 is 15.8 Å². The summed E-state index contributed by atoms with van der Waals surface area (Å²) < 4.78 is 5.24.